The number of ether oxygens (including phenoxy) is 2. The van der Waals surface area contributed by atoms with Gasteiger partial charge in [0.2, 0.25) is 0 Å². The summed E-state index contributed by atoms with van der Waals surface area (Å²) in [6.07, 6.45) is 5.75. The third kappa shape index (κ3) is 5.79. The van der Waals surface area contributed by atoms with Crippen molar-refractivity contribution < 1.29 is 23.8 Å². The molecule has 0 bridgehead atoms. The fourth-order valence-corrected chi connectivity index (χ4v) is 6.76. The number of carbonyl (C=O) groups is 1. The molecule has 3 atom stereocenters. The monoisotopic (exact) mass is 587 g/mol. The number of imidazole rings is 1. The van der Waals surface area contributed by atoms with Crippen molar-refractivity contribution in [2.24, 2.45) is 0 Å². The normalized spacial score (nSPS) is 22.7. The molecule has 10 heteroatoms. The van der Waals surface area contributed by atoms with Crippen LogP contribution in [0.5, 0.6) is 5.75 Å². The smallest absolute Gasteiger partial charge is 0.275 e. The van der Waals surface area contributed by atoms with Gasteiger partial charge < -0.3 is 33.8 Å². The number of aliphatic hydroxyl groups is 1. The number of nitrogens with zero attached hydrogens (tertiary/aromatic N) is 4. The van der Waals surface area contributed by atoms with Gasteiger partial charge in [-0.05, 0) is 31.9 Å². The molecule has 43 heavy (non-hydrogen) atoms. The van der Waals surface area contributed by atoms with E-state index < -0.39 is 5.60 Å². The summed E-state index contributed by atoms with van der Waals surface area (Å²) in [5.74, 6) is 1.28. The highest BCUT2D eigenvalue weighted by Crippen LogP contribution is 2.41. The second-order valence-electron chi connectivity index (χ2n) is 11.8. The Kier molecular flexibility index (Phi) is 8.52. The fraction of sp³-hybridized carbons (Fsp3) is 0.485. The maximum absolute atomic E-state index is 14.3. The van der Waals surface area contributed by atoms with E-state index in [-0.39, 0.29) is 24.6 Å². The molecule has 228 valence electrons. The van der Waals surface area contributed by atoms with E-state index >= 15 is 0 Å². The highest BCUT2D eigenvalue weighted by molar-refractivity contribution is 5.98. The lowest BCUT2D eigenvalue weighted by Gasteiger charge is -2.41. The number of methoxy groups -OCH3 is 1. The number of nitrogens with one attached hydrogen (secondary N) is 1. The molecule has 0 unspecified atom stereocenters. The standard InChI is InChI=1S/C33H41N5O5/c1-22-27(13-12-26-31(22)43-23(2)36-26)42-18-14-25-19-34-16-17-37(25)32(39)29-30(24-9-5-4-6-10-24)38(21-35-29)28-11-7-8-15-33(28,40)20-41-3/h4-6,9-10,12-13,21,25,28,34,40H,7-8,11,14-20H2,1-3H3/t25-,28-,33-/m1/s1. The highest BCUT2D eigenvalue weighted by atomic mass is 16.5. The molecule has 1 saturated carbocycles. The Labute approximate surface area is 252 Å². The van der Waals surface area contributed by atoms with Crippen molar-refractivity contribution in [3.63, 3.8) is 0 Å². The van der Waals surface area contributed by atoms with E-state index in [1.54, 1.807) is 13.4 Å². The molecule has 4 aromatic rings. The molecule has 6 rings (SSSR count). The number of carbonyl (C=O) groups excluding carboxylic acids is 1. The first-order valence-electron chi connectivity index (χ1n) is 15.2. The van der Waals surface area contributed by atoms with Crippen molar-refractivity contribution in [2.75, 3.05) is 40.0 Å². The Morgan fingerprint density at radius 3 is 2.84 bits per heavy atom. The molecule has 10 nitrogen and oxygen atoms in total. The zero-order chi connectivity index (χ0) is 30.0. The molecule has 1 amide bonds. The summed E-state index contributed by atoms with van der Waals surface area (Å²) in [7, 11) is 1.62. The number of hydrogen-bond donors (Lipinski definition) is 2. The van der Waals surface area contributed by atoms with Gasteiger partial charge in [-0.15, -0.1) is 0 Å². The first-order chi connectivity index (χ1) is 20.9. The first-order valence-corrected chi connectivity index (χ1v) is 15.2. The zero-order valence-corrected chi connectivity index (χ0v) is 25.2. The van der Waals surface area contributed by atoms with Gasteiger partial charge in [-0.25, -0.2) is 9.97 Å². The van der Waals surface area contributed by atoms with E-state index in [1.165, 1.54) is 0 Å². The Hall–Kier alpha value is -3.73. The minimum Gasteiger partial charge on any atom is -0.493 e. The van der Waals surface area contributed by atoms with E-state index in [0.29, 0.717) is 50.7 Å². The van der Waals surface area contributed by atoms with Gasteiger partial charge in [-0.3, -0.25) is 4.79 Å². The van der Waals surface area contributed by atoms with Crippen molar-refractivity contribution in [3.8, 4) is 17.0 Å². The van der Waals surface area contributed by atoms with Gasteiger partial charge in [0, 0.05) is 57.3 Å². The molecular formula is C33H41N5O5. The minimum atomic E-state index is -1.03. The number of piperazine rings is 1. The van der Waals surface area contributed by atoms with Gasteiger partial charge in [0.15, 0.2) is 17.2 Å². The van der Waals surface area contributed by atoms with Gasteiger partial charge in [0.1, 0.15) is 16.9 Å². The average molecular weight is 588 g/mol. The predicted octanol–water partition coefficient (Wildman–Crippen LogP) is 4.68. The van der Waals surface area contributed by atoms with E-state index in [0.717, 1.165) is 52.9 Å². The topological polar surface area (TPSA) is 115 Å². The quantitative estimate of drug-likeness (QED) is 0.290. The summed E-state index contributed by atoms with van der Waals surface area (Å²) in [5.41, 5.74) is 3.50. The van der Waals surface area contributed by atoms with Crippen LogP contribution in [0.3, 0.4) is 0 Å². The van der Waals surface area contributed by atoms with E-state index in [4.69, 9.17) is 18.9 Å². The Bertz CT molecular complexity index is 1560. The van der Waals surface area contributed by atoms with Crippen LogP contribution in [0.2, 0.25) is 0 Å². The van der Waals surface area contributed by atoms with Crippen molar-refractivity contribution in [2.45, 2.75) is 63.6 Å². The van der Waals surface area contributed by atoms with Crippen LogP contribution in [-0.4, -0.2) is 82.0 Å². The molecule has 0 spiro atoms. The van der Waals surface area contributed by atoms with Crippen LogP contribution in [0.15, 0.2) is 53.2 Å². The second kappa shape index (κ2) is 12.5. The van der Waals surface area contributed by atoms with Crippen LogP contribution in [0.1, 0.15) is 60.1 Å². The maximum Gasteiger partial charge on any atom is 0.275 e. The number of benzene rings is 2. The zero-order valence-electron chi connectivity index (χ0n) is 25.2. The third-order valence-electron chi connectivity index (χ3n) is 8.91. The van der Waals surface area contributed by atoms with Crippen LogP contribution in [-0.2, 0) is 4.74 Å². The summed E-state index contributed by atoms with van der Waals surface area (Å²) in [5, 5.41) is 15.1. The number of oxazole rings is 1. The van der Waals surface area contributed by atoms with Crippen LogP contribution in [0, 0.1) is 13.8 Å². The first kappa shape index (κ1) is 29.3. The number of hydrogen-bond acceptors (Lipinski definition) is 8. The summed E-state index contributed by atoms with van der Waals surface area (Å²) >= 11 is 0. The van der Waals surface area contributed by atoms with Crippen LogP contribution in [0.4, 0.5) is 0 Å². The Morgan fingerprint density at radius 1 is 1.19 bits per heavy atom. The molecule has 2 aliphatic rings. The van der Waals surface area contributed by atoms with E-state index in [2.05, 4.69) is 10.3 Å². The summed E-state index contributed by atoms with van der Waals surface area (Å²) in [6.45, 7) is 6.44. The van der Waals surface area contributed by atoms with Gasteiger partial charge in [0.05, 0.1) is 31.3 Å². The SMILES string of the molecule is COC[C@]1(O)CCCC[C@H]1n1cnc(C(=O)N2CCNC[C@H]2CCOc2ccc3nc(C)oc3c2C)c1-c1ccccc1. The Balaban J connectivity index is 1.25. The van der Waals surface area contributed by atoms with Gasteiger partial charge in [0.25, 0.3) is 5.91 Å². The minimum absolute atomic E-state index is 0.0633. The molecule has 3 heterocycles. The Morgan fingerprint density at radius 2 is 2.02 bits per heavy atom. The third-order valence-corrected chi connectivity index (χ3v) is 8.91. The van der Waals surface area contributed by atoms with E-state index in [9.17, 15) is 9.90 Å². The summed E-state index contributed by atoms with van der Waals surface area (Å²) in [4.78, 5) is 25.4. The van der Waals surface area contributed by atoms with Crippen molar-refractivity contribution in [1.29, 1.82) is 0 Å². The molecule has 1 aliphatic heterocycles. The van der Waals surface area contributed by atoms with Crippen LogP contribution >= 0.6 is 0 Å². The molecule has 2 fully saturated rings. The lowest BCUT2D eigenvalue weighted by Crippen LogP contribution is -2.54. The number of amides is 1. The molecular weight excluding hydrogens is 546 g/mol. The van der Waals surface area contributed by atoms with Crippen molar-refractivity contribution >= 4 is 17.0 Å². The number of fused-ring (bicyclic) bond motifs is 1. The molecule has 2 aromatic heterocycles. The van der Waals surface area contributed by atoms with Crippen LogP contribution < -0.4 is 10.1 Å². The number of aryl methyl sites for hydroxylation is 2. The highest BCUT2D eigenvalue weighted by Gasteiger charge is 2.42. The van der Waals surface area contributed by atoms with Gasteiger partial charge in [-0.1, -0.05) is 43.2 Å². The maximum atomic E-state index is 14.3. The largest absolute Gasteiger partial charge is 0.493 e. The van der Waals surface area contributed by atoms with Crippen LogP contribution in [0.25, 0.3) is 22.4 Å². The summed E-state index contributed by atoms with van der Waals surface area (Å²) in [6, 6.07) is 13.4. The van der Waals surface area contributed by atoms with Crippen molar-refractivity contribution in [3.05, 3.63) is 65.9 Å². The molecule has 2 aromatic carbocycles. The van der Waals surface area contributed by atoms with Gasteiger partial charge in [-0.2, -0.15) is 0 Å². The lowest BCUT2D eigenvalue weighted by atomic mass is 9.80. The molecule has 2 N–H and O–H groups in total. The predicted molar refractivity (Wildman–Crippen MR) is 163 cm³/mol. The number of aromatic nitrogens is 3. The number of rotatable bonds is 9. The van der Waals surface area contributed by atoms with Crippen molar-refractivity contribution in [1.82, 2.24) is 24.8 Å². The molecule has 0 radical (unpaired) electrons. The fourth-order valence-electron chi connectivity index (χ4n) is 6.76. The second-order valence-corrected chi connectivity index (χ2v) is 11.8. The van der Waals surface area contributed by atoms with Gasteiger partial charge >= 0.3 is 0 Å². The lowest BCUT2D eigenvalue weighted by molar-refractivity contribution is -0.0893. The summed E-state index contributed by atoms with van der Waals surface area (Å²) < 4.78 is 19.4. The molecule has 1 saturated heterocycles. The molecule has 1 aliphatic carbocycles. The van der Waals surface area contributed by atoms with E-state index in [1.807, 2.05) is 65.8 Å². The average Bonchev–Trinajstić information content (AvgIpc) is 3.63.